The van der Waals surface area contributed by atoms with Gasteiger partial charge in [0.25, 0.3) is 0 Å². The molecule has 1 atom stereocenters. The maximum Gasteiger partial charge on any atom is 0.240 e. The first-order valence-electron chi connectivity index (χ1n) is 5.68. The van der Waals surface area contributed by atoms with Crippen LogP contribution in [0.2, 0.25) is 0 Å². The number of sulfonamides is 1. The van der Waals surface area contributed by atoms with Gasteiger partial charge in [0.1, 0.15) is 0 Å². The number of rotatable bonds is 4. The van der Waals surface area contributed by atoms with Crippen LogP contribution >= 0.6 is 0 Å². The molecule has 0 radical (unpaired) electrons. The highest BCUT2D eigenvalue weighted by Gasteiger charge is 2.32. The first kappa shape index (κ1) is 13.5. The van der Waals surface area contributed by atoms with Gasteiger partial charge in [-0.3, -0.25) is 0 Å². The molecule has 100 valence electrons. The summed E-state index contributed by atoms with van der Waals surface area (Å²) in [7, 11) is -6.73. The van der Waals surface area contributed by atoms with Gasteiger partial charge in [-0.25, -0.2) is 21.6 Å². The minimum Gasteiger partial charge on any atom is -0.229 e. The maximum absolute atomic E-state index is 11.9. The highest BCUT2D eigenvalue weighted by atomic mass is 32.2. The van der Waals surface area contributed by atoms with E-state index >= 15 is 0 Å². The summed E-state index contributed by atoms with van der Waals surface area (Å²) in [5.41, 5.74) is 0. The fourth-order valence-corrected chi connectivity index (χ4v) is 4.95. The van der Waals surface area contributed by atoms with Gasteiger partial charge < -0.3 is 0 Å². The second-order valence-electron chi connectivity index (χ2n) is 4.30. The number of hydrogen-bond acceptors (Lipinski definition) is 4. The Morgan fingerprint density at radius 2 is 1.89 bits per heavy atom. The zero-order valence-corrected chi connectivity index (χ0v) is 11.4. The topological polar surface area (TPSA) is 80.3 Å². The minimum atomic E-state index is -3.61. The Morgan fingerprint density at radius 3 is 2.44 bits per heavy atom. The molecule has 0 spiro atoms. The third-order valence-corrected chi connectivity index (χ3v) is 6.73. The first-order chi connectivity index (χ1) is 8.42. The summed E-state index contributed by atoms with van der Waals surface area (Å²) in [6.45, 7) is -0.0421. The van der Waals surface area contributed by atoms with Gasteiger partial charge in [0.15, 0.2) is 9.84 Å². The largest absolute Gasteiger partial charge is 0.240 e. The molecule has 18 heavy (non-hydrogen) atoms. The van der Waals surface area contributed by atoms with Crippen molar-refractivity contribution in [1.82, 2.24) is 4.72 Å². The lowest BCUT2D eigenvalue weighted by atomic mass is 10.2. The standard InChI is InChI=1S/C11H15NO4S2/c13-17(14)8-4-7-11(17)9-12-18(15,16)10-5-2-1-3-6-10/h1-3,5-6,11-12H,4,7-9H2. The average molecular weight is 289 g/mol. The lowest BCUT2D eigenvalue weighted by Gasteiger charge is -2.11. The quantitative estimate of drug-likeness (QED) is 0.877. The Hall–Kier alpha value is -0.920. The molecule has 1 aromatic carbocycles. The van der Waals surface area contributed by atoms with Crippen molar-refractivity contribution in [3.63, 3.8) is 0 Å². The van der Waals surface area contributed by atoms with E-state index in [1.54, 1.807) is 18.2 Å². The van der Waals surface area contributed by atoms with E-state index in [0.717, 1.165) is 0 Å². The van der Waals surface area contributed by atoms with E-state index in [-0.39, 0.29) is 17.2 Å². The molecule has 1 heterocycles. The van der Waals surface area contributed by atoms with Crippen molar-refractivity contribution in [3.05, 3.63) is 30.3 Å². The molecule has 1 aliphatic heterocycles. The molecular weight excluding hydrogens is 274 g/mol. The molecular formula is C11H15NO4S2. The summed E-state index contributed by atoms with van der Waals surface area (Å²) in [6, 6.07) is 7.93. The van der Waals surface area contributed by atoms with Crippen molar-refractivity contribution >= 4 is 19.9 Å². The van der Waals surface area contributed by atoms with Gasteiger partial charge in [-0.2, -0.15) is 0 Å². The molecule has 1 unspecified atom stereocenters. The second-order valence-corrected chi connectivity index (χ2v) is 8.46. The van der Waals surface area contributed by atoms with Crippen LogP contribution in [0.4, 0.5) is 0 Å². The SMILES string of the molecule is O=S(=O)(NCC1CCCS1(=O)=O)c1ccccc1. The Bertz CT molecular complexity index is 608. The van der Waals surface area contributed by atoms with Gasteiger partial charge in [-0.05, 0) is 25.0 Å². The molecule has 1 N–H and O–H groups in total. The molecule has 0 amide bonds. The van der Waals surface area contributed by atoms with E-state index in [2.05, 4.69) is 4.72 Å². The summed E-state index contributed by atoms with van der Waals surface area (Å²) in [5.74, 6) is 0.157. The van der Waals surface area contributed by atoms with Crippen molar-refractivity contribution in [2.24, 2.45) is 0 Å². The predicted octanol–water partition coefficient (Wildman–Crippen LogP) is 0.542. The average Bonchev–Trinajstić information content (AvgIpc) is 2.67. The summed E-state index contributed by atoms with van der Waals surface area (Å²) in [5, 5.41) is -0.587. The minimum absolute atomic E-state index is 0.0421. The number of hydrogen-bond donors (Lipinski definition) is 1. The van der Waals surface area contributed by atoms with Crippen LogP contribution in [0.5, 0.6) is 0 Å². The van der Waals surface area contributed by atoms with E-state index in [1.807, 2.05) is 0 Å². The van der Waals surface area contributed by atoms with Crippen LogP contribution in [0.25, 0.3) is 0 Å². The zero-order valence-electron chi connectivity index (χ0n) is 9.74. The van der Waals surface area contributed by atoms with Gasteiger partial charge in [0, 0.05) is 6.54 Å². The van der Waals surface area contributed by atoms with Gasteiger partial charge in [-0.15, -0.1) is 0 Å². The lowest BCUT2D eigenvalue weighted by Crippen LogP contribution is -2.34. The van der Waals surface area contributed by atoms with E-state index in [4.69, 9.17) is 0 Å². The van der Waals surface area contributed by atoms with E-state index in [9.17, 15) is 16.8 Å². The molecule has 1 aliphatic rings. The lowest BCUT2D eigenvalue weighted by molar-refractivity contribution is 0.571. The molecule has 1 saturated heterocycles. The van der Waals surface area contributed by atoms with E-state index in [1.165, 1.54) is 12.1 Å². The van der Waals surface area contributed by atoms with Gasteiger partial charge in [0.05, 0.1) is 15.9 Å². The number of sulfone groups is 1. The Balaban J connectivity index is 2.07. The smallest absolute Gasteiger partial charge is 0.229 e. The normalized spacial score (nSPS) is 23.0. The molecule has 7 heteroatoms. The van der Waals surface area contributed by atoms with Crippen molar-refractivity contribution in [2.75, 3.05) is 12.3 Å². The summed E-state index contributed by atoms with van der Waals surface area (Å²) < 4.78 is 49.3. The van der Waals surface area contributed by atoms with Crippen molar-refractivity contribution < 1.29 is 16.8 Å². The number of benzene rings is 1. The van der Waals surface area contributed by atoms with E-state index in [0.29, 0.717) is 12.8 Å². The molecule has 2 rings (SSSR count). The monoisotopic (exact) mass is 289 g/mol. The molecule has 0 bridgehead atoms. The summed E-state index contributed by atoms with van der Waals surface area (Å²) in [6.07, 6.45) is 1.14. The van der Waals surface area contributed by atoms with Crippen LogP contribution in [0.1, 0.15) is 12.8 Å². The van der Waals surface area contributed by atoms with Gasteiger partial charge in [-0.1, -0.05) is 18.2 Å². The van der Waals surface area contributed by atoms with Crippen LogP contribution in [-0.4, -0.2) is 34.4 Å². The fraction of sp³-hybridized carbons (Fsp3) is 0.455. The second kappa shape index (κ2) is 4.99. The van der Waals surface area contributed by atoms with Crippen LogP contribution in [0.3, 0.4) is 0 Å². The van der Waals surface area contributed by atoms with Crippen LogP contribution in [-0.2, 0) is 19.9 Å². The fourth-order valence-electron chi connectivity index (χ4n) is 1.97. The van der Waals surface area contributed by atoms with Crippen LogP contribution in [0, 0.1) is 0 Å². The Morgan fingerprint density at radius 1 is 1.22 bits per heavy atom. The van der Waals surface area contributed by atoms with Crippen molar-refractivity contribution in [2.45, 2.75) is 23.0 Å². The summed E-state index contributed by atoms with van der Waals surface area (Å²) in [4.78, 5) is 0.153. The molecule has 0 aliphatic carbocycles. The molecule has 0 saturated carbocycles. The van der Waals surface area contributed by atoms with Crippen molar-refractivity contribution in [1.29, 1.82) is 0 Å². The highest BCUT2D eigenvalue weighted by molar-refractivity contribution is 7.92. The number of nitrogens with one attached hydrogen (secondary N) is 1. The third kappa shape index (κ3) is 2.90. The highest BCUT2D eigenvalue weighted by Crippen LogP contribution is 2.19. The zero-order chi connectivity index (χ0) is 13.2. The Labute approximate surface area is 107 Å². The molecule has 1 fully saturated rings. The van der Waals surface area contributed by atoms with Crippen molar-refractivity contribution in [3.8, 4) is 0 Å². The van der Waals surface area contributed by atoms with Gasteiger partial charge in [0.2, 0.25) is 10.0 Å². The predicted molar refractivity (Wildman–Crippen MR) is 68.4 cm³/mol. The molecule has 0 aromatic heterocycles. The molecule has 1 aromatic rings. The van der Waals surface area contributed by atoms with Gasteiger partial charge >= 0.3 is 0 Å². The molecule has 5 nitrogen and oxygen atoms in total. The van der Waals surface area contributed by atoms with Crippen LogP contribution in [0.15, 0.2) is 35.2 Å². The summed E-state index contributed by atoms with van der Waals surface area (Å²) >= 11 is 0. The first-order valence-corrected chi connectivity index (χ1v) is 8.88. The third-order valence-electron chi connectivity index (χ3n) is 3.02. The Kier molecular flexibility index (Phi) is 3.74. The van der Waals surface area contributed by atoms with Crippen LogP contribution < -0.4 is 4.72 Å². The maximum atomic E-state index is 11.9. The van der Waals surface area contributed by atoms with E-state index < -0.39 is 25.1 Å².